The molecule has 3 atom stereocenters. The molecular formula is C24H21FN6O2. The number of nitrogens with two attached hydrogens (primary N) is 2. The average Bonchev–Trinajstić information content (AvgIpc) is 3.39. The molecule has 0 amide bonds. The van der Waals surface area contributed by atoms with Crippen molar-refractivity contribution in [1.29, 1.82) is 0 Å². The maximum atomic E-state index is 14.7. The molecule has 8 nitrogen and oxygen atoms in total. The zero-order chi connectivity index (χ0) is 23.1. The molecule has 0 saturated heterocycles. The quantitative estimate of drug-likeness (QED) is 0.345. The summed E-state index contributed by atoms with van der Waals surface area (Å²) >= 11 is 0. The van der Waals surface area contributed by atoms with Crippen LogP contribution in [0.15, 0.2) is 54.5 Å². The van der Waals surface area contributed by atoms with Gasteiger partial charge < -0.3 is 25.6 Å². The van der Waals surface area contributed by atoms with E-state index in [9.17, 15) is 14.0 Å². The van der Waals surface area contributed by atoms with E-state index in [1.165, 1.54) is 12.4 Å². The number of halogens is 1. The van der Waals surface area contributed by atoms with E-state index in [1.54, 1.807) is 30.5 Å². The molecule has 0 aliphatic heterocycles. The highest BCUT2D eigenvalue weighted by molar-refractivity contribution is 5.86. The van der Waals surface area contributed by atoms with E-state index in [4.69, 9.17) is 11.5 Å². The van der Waals surface area contributed by atoms with E-state index in [0.29, 0.717) is 52.0 Å². The molecule has 0 unspecified atom stereocenters. The number of rotatable bonds is 6. The molecule has 3 aromatic heterocycles. The van der Waals surface area contributed by atoms with Gasteiger partial charge in [0.1, 0.15) is 42.0 Å². The number of benzene rings is 1. The van der Waals surface area contributed by atoms with Crippen molar-refractivity contribution < 1.29 is 14.0 Å². The van der Waals surface area contributed by atoms with E-state index in [0.717, 1.165) is 18.1 Å². The molecule has 166 valence electrons. The minimum Gasteiger partial charge on any atom is -0.384 e. The van der Waals surface area contributed by atoms with E-state index >= 15 is 0 Å². The van der Waals surface area contributed by atoms with Gasteiger partial charge in [0.25, 0.3) is 0 Å². The minimum absolute atomic E-state index is 0.344. The second-order valence-corrected chi connectivity index (χ2v) is 8.20. The number of nitrogens with zero attached hydrogens (tertiary/aromatic N) is 4. The number of aldehydes is 2. The maximum absolute atomic E-state index is 14.7. The van der Waals surface area contributed by atoms with Crippen LogP contribution in [0.2, 0.25) is 0 Å². The smallest absolute Gasteiger partial charge is 0.146 e. The number of hydrogen-bond acceptors (Lipinski definition) is 7. The molecule has 9 heteroatoms. The van der Waals surface area contributed by atoms with Gasteiger partial charge in [-0.1, -0.05) is 11.6 Å². The Balaban J connectivity index is 1.47. The Hall–Kier alpha value is -4.14. The number of fused-ring (bicyclic) bond motifs is 2. The van der Waals surface area contributed by atoms with Gasteiger partial charge in [0, 0.05) is 17.5 Å². The summed E-state index contributed by atoms with van der Waals surface area (Å²) in [7, 11) is 0. The lowest BCUT2D eigenvalue weighted by molar-refractivity contribution is -0.118. The highest BCUT2D eigenvalue weighted by Crippen LogP contribution is 2.41. The standard InChI is InChI=1S/C24H21FN6O2/c25-19-7-15-3-4-22(26)30-20(15)8-14(19)2-1-13-9-21(18(11-33)17(13)10-32)31-6-5-16-23(27)28-12-29-24(16)31/h3-12,17-18,21H,1-2H2,(H2,26,30)(H2,27,28,29)/t17-,18-,21+/m0/s1. The molecule has 4 aromatic rings. The largest absolute Gasteiger partial charge is 0.384 e. The number of allylic oxidation sites excluding steroid dienone is 2. The van der Waals surface area contributed by atoms with Crippen molar-refractivity contribution in [2.75, 3.05) is 11.5 Å². The molecule has 33 heavy (non-hydrogen) atoms. The fraction of sp³-hybridized carbons (Fsp3) is 0.208. The summed E-state index contributed by atoms with van der Waals surface area (Å²) in [6.45, 7) is 0. The summed E-state index contributed by atoms with van der Waals surface area (Å²) < 4.78 is 16.5. The number of pyridine rings is 1. The van der Waals surface area contributed by atoms with Gasteiger partial charge in [-0.05, 0) is 48.7 Å². The van der Waals surface area contributed by atoms with Gasteiger partial charge in [0.2, 0.25) is 0 Å². The predicted octanol–water partition coefficient (Wildman–Crippen LogP) is 3.03. The topological polar surface area (TPSA) is 130 Å². The van der Waals surface area contributed by atoms with Crippen LogP contribution in [0.1, 0.15) is 18.0 Å². The SMILES string of the molecule is Nc1ccc2cc(F)c(CCC3=C[C@@H](n4ccc5c(N)ncnc54)[C@@H](C=O)[C@H]3C=O)cc2n1. The third-order valence-corrected chi connectivity index (χ3v) is 6.35. The summed E-state index contributed by atoms with van der Waals surface area (Å²) in [6, 6.07) is 7.86. The lowest BCUT2D eigenvalue weighted by Crippen LogP contribution is -2.22. The zero-order valence-electron chi connectivity index (χ0n) is 17.6. The fourth-order valence-electron chi connectivity index (χ4n) is 4.66. The van der Waals surface area contributed by atoms with Crippen LogP contribution in [-0.2, 0) is 16.0 Å². The van der Waals surface area contributed by atoms with Gasteiger partial charge in [-0.2, -0.15) is 0 Å². The van der Waals surface area contributed by atoms with Crippen molar-refractivity contribution in [2.24, 2.45) is 11.8 Å². The maximum Gasteiger partial charge on any atom is 0.146 e. The number of hydrogen-bond donors (Lipinski definition) is 2. The van der Waals surface area contributed by atoms with Gasteiger partial charge in [-0.15, -0.1) is 0 Å². The van der Waals surface area contributed by atoms with Crippen LogP contribution in [0, 0.1) is 17.7 Å². The Morgan fingerprint density at radius 2 is 1.91 bits per heavy atom. The molecule has 1 aliphatic carbocycles. The Kier molecular flexibility index (Phi) is 5.08. The molecule has 0 bridgehead atoms. The highest BCUT2D eigenvalue weighted by Gasteiger charge is 2.38. The monoisotopic (exact) mass is 444 g/mol. The van der Waals surface area contributed by atoms with Crippen LogP contribution < -0.4 is 11.5 Å². The van der Waals surface area contributed by atoms with Gasteiger partial charge >= 0.3 is 0 Å². The lowest BCUT2D eigenvalue weighted by atomic mass is 9.89. The Bertz CT molecular complexity index is 1430. The first kappa shape index (κ1) is 20.7. The van der Waals surface area contributed by atoms with Gasteiger partial charge in [0.15, 0.2) is 0 Å². The van der Waals surface area contributed by atoms with Crippen LogP contribution in [0.3, 0.4) is 0 Å². The summed E-state index contributed by atoms with van der Waals surface area (Å²) in [5.41, 5.74) is 14.2. The molecule has 0 saturated carbocycles. The lowest BCUT2D eigenvalue weighted by Gasteiger charge is -2.19. The van der Waals surface area contributed by atoms with Crippen molar-refractivity contribution in [3.8, 4) is 0 Å². The summed E-state index contributed by atoms with van der Waals surface area (Å²) in [4.78, 5) is 36.5. The predicted molar refractivity (Wildman–Crippen MR) is 123 cm³/mol. The fourth-order valence-corrected chi connectivity index (χ4v) is 4.66. The van der Waals surface area contributed by atoms with E-state index in [2.05, 4.69) is 15.0 Å². The summed E-state index contributed by atoms with van der Waals surface area (Å²) in [6.07, 6.45) is 7.43. The second kappa shape index (κ2) is 8.09. The molecule has 0 radical (unpaired) electrons. The molecule has 3 heterocycles. The van der Waals surface area contributed by atoms with Gasteiger partial charge in [-0.3, -0.25) is 0 Å². The van der Waals surface area contributed by atoms with Gasteiger partial charge in [-0.25, -0.2) is 19.3 Å². The molecule has 0 spiro atoms. The van der Waals surface area contributed by atoms with Gasteiger partial charge in [0.05, 0.1) is 22.9 Å². The van der Waals surface area contributed by atoms with E-state index < -0.39 is 17.9 Å². The number of aromatic nitrogens is 4. The molecule has 4 N–H and O–H groups in total. The normalized spacial score (nSPS) is 20.3. The molecule has 5 rings (SSSR count). The number of nitrogen functional groups attached to an aromatic ring is 2. The Labute approximate surface area is 188 Å². The van der Waals surface area contributed by atoms with Crippen molar-refractivity contribution >= 4 is 46.1 Å². The van der Waals surface area contributed by atoms with Crippen LogP contribution in [0.4, 0.5) is 16.0 Å². The molecule has 1 aromatic carbocycles. The average molecular weight is 444 g/mol. The second-order valence-electron chi connectivity index (χ2n) is 8.20. The number of carbonyl (C=O) groups is 2. The third kappa shape index (κ3) is 3.51. The first-order chi connectivity index (χ1) is 16.0. The molecular weight excluding hydrogens is 423 g/mol. The van der Waals surface area contributed by atoms with Crippen LogP contribution in [0.25, 0.3) is 21.9 Å². The summed E-state index contributed by atoms with van der Waals surface area (Å²) in [5, 5.41) is 1.34. The Morgan fingerprint density at radius 3 is 2.70 bits per heavy atom. The number of carbonyl (C=O) groups excluding carboxylic acids is 2. The molecule has 1 aliphatic rings. The van der Waals surface area contributed by atoms with Crippen LogP contribution in [-0.4, -0.2) is 32.1 Å². The Morgan fingerprint density at radius 1 is 1.06 bits per heavy atom. The molecule has 0 fully saturated rings. The summed E-state index contributed by atoms with van der Waals surface area (Å²) in [5.74, 6) is -0.827. The third-order valence-electron chi connectivity index (χ3n) is 6.35. The first-order valence-electron chi connectivity index (χ1n) is 10.5. The van der Waals surface area contributed by atoms with Crippen molar-refractivity contribution in [2.45, 2.75) is 18.9 Å². The minimum atomic E-state index is -0.596. The van der Waals surface area contributed by atoms with Crippen molar-refractivity contribution in [3.63, 3.8) is 0 Å². The van der Waals surface area contributed by atoms with Crippen molar-refractivity contribution in [1.82, 2.24) is 19.5 Å². The van der Waals surface area contributed by atoms with E-state index in [-0.39, 0.29) is 5.82 Å². The number of anilines is 2. The zero-order valence-corrected chi connectivity index (χ0v) is 17.6. The van der Waals surface area contributed by atoms with E-state index in [1.807, 2.05) is 10.6 Å². The van der Waals surface area contributed by atoms with Crippen molar-refractivity contribution in [3.05, 3.63) is 65.9 Å². The van der Waals surface area contributed by atoms with Crippen LogP contribution in [0.5, 0.6) is 0 Å². The number of aryl methyl sites for hydroxylation is 1. The highest BCUT2D eigenvalue weighted by atomic mass is 19.1. The van der Waals surface area contributed by atoms with Crippen LogP contribution >= 0.6 is 0 Å². The first-order valence-corrected chi connectivity index (χ1v) is 10.5.